The summed E-state index contributed by atoms with van der Waals surface area (Å²) in [5.74, 6) is -0.806. The van der Waals surface area contributed by atoms with Crippen molar-refractivity contribution in [3.8, 4) is 11.5 Å². The number of carbonyl (C=O) groups is 2. The van der Waals surface area contributed by atoms with Gasteiger partial charge in [0.05, 0.1) is 25.3 Å². The number of methoxy groups -OCH3 is 2. The second-order valence-corrected chi connectivity index (χ2v) is 9.58. The van der Waals surface area contributed by atoms with Crippen LogP contribution in [0.15, 0.2) is 72.3 Å². The van der Waals surface area contributed by atoms with E-state index in [9.17, 15) is 19.1 Å². The minimum atomic E-state index is -0.848. The summed E-state index contributed by atoms with van der Waals surface area (Å²) in [4.78, 5) is 27.8. The van der Waals surface area contributed by atoms with Gasteiger partial charge in [-0.3, -0.25) is 9.59 Å². The zero-order chi connectivity index (χ0) is 28.1. The number of carbonyl (C=O) groups excluding carboxylic acids is 2. The first kappa shape index (κ1) is 27.9. The Kier molecular flexibility index (Phi) is 8.66. The quantitative estimate of drug-likeness (QED) is 0.207. The normalized spacial score (nSPS) is 16.7. The van der Waals surface area contributed by atoms with Crippen LogP contribution in [-0.4, -0.2) is 49.1 Å². The maximum atomic E-state index is 13.3. The largest absolute Gasteiger partial charge is 0.507 e. The van der Waals surface area contributed by atoms with E-state index in [4.69, 9.17) is 14.2 Å². The van der Waals surface area contributed by atoms with Gasteiger partial charge < -0.3 is 24.2 Å². The van der Waals surface area contributed by atoms with Crippen molar-refractivity contribution in [2.24, 2.45) is 0 Å². The number of aliphatic hydroxyl groups is 1. The number of hydrogen-bond acceptors (Lipinski definition) is 6. The number of likely N-dealkylation sites (tertiary alicyclic amines) is 1. The number of ether oxygens (including phenoxy) is 3. The Balaban J connectivity index is 1.76. The highest BCUT2D eigenvalue weighted by Gasteiger charge is 2.46. The fourth-order valence-corrected chi connectivity index (χ4v) is 4.66. The molecule has 0 spiro atoms. The van der Waals surface area contributed by atoms with E-state index < -0.39 is 17.7 Å². The highest BCUT2D eigenvalue weighted by molar-refractivity contribution is 6.46. The van der Waals surface area contributed by atoms with Crippen molar-refractivity contribution in [3.63, 3.8) is 0 Å². The molecule has 39 heavy (non-hydrogen) atoms. The van der Waals surface area contributed by atoms with Crippen molar-refractivity contribution in [2.75, 3.05) is 27.4 Å². The van der Waals surface area contributed by atoms with Crippen molar-refractivity contribution in [1.29, 1.82) is 0 Å². The van der Waals surface area contributed by atoms with E-state index in [0.29, 0.717) is 22.6 Å². The highest BCUT2D eigenvalue weighted by Crippen LogP contribution is 2.41. The monoisotopic (exact) mass is 533 g/mol. The molecule has 1 N–H and O–H groups in total. The van der Waals surface area contributed by atoms with Gasteiger partial charge in [-0.2, -0.15) is 0 Å². The molecule has 0 bridgehead atoms. The molecule has 7 nitrogen and oxygen atoms in total. The first-order chi connectivity index (χ1) is 18.7. The smallest absolute Gasteiger partial charge is 0.295 e. The first-order valence-electron chi connectivity index (χ1n) is 12.7. The second-order valence-electron chi connectivity index (χ2n) is 9.58. The molecular formula is C31H32FNO6. The topological polar surface area (TPSA) is 85.3 Å². The van der Waals surface area contributed by atoms with E-state index >= 15 is 0 Å². The second kappa shape index (κ2) is 12.1. The Hall–Kier alpha value is -4.17. The Bertz CT molecular complexity index is 1380. The molecule has 0 radical (unpaired) electrons. The Labute approximate surface area is 227 Å². The van der Waals surface area contributed by atoms with Crippen LogP contribution < -0.4 is 9.47 Å². The molecule has 4 rings (SSSR count). The molecule has 3 aromatic carbocycles. The third-order valence-electron chi connectivity index (χ3n) is 6.69. The minimum Gasteiger partial charge on any atom is -0.507 e. The molecule has 8 heteroatoms. The maximum Gasteiger partial charge on any atom is 0.295 e. The third-order valence-corrected chi connectivity index (χ3v) is 6.69. The lowest BCUT2D eigenvalue weighted by atomic mass is 9.93. The molecule has 204 valence electrons. The molecule has 1 heterocycles. The van der Waals surface area contributed by atoms with E-state index in [1.54, 1.807) is 61.7 Å². The lowest BCUT2D eigenvalue weighted by molar-refractivity contribution is -0.140. The maximum absolute atomic E-state index is 13.3. The van der Waals surface area contributed by atoms with E-state index in [0.717, 1.165) is 11.1 Å². The van der Waals surface area contributed by atoms with Gasteiger partial charge in [-0.1, -0.05) is 38.1 Å². The molecule has 0 aromatic heterocycles. The van der Waals surface area contributed by atoms with Gasteiger partial charge in [-0.05, 0) is 65.1 Å². The van der Waals surface area contributed by atoms with Gasteiger partial charge in [0.2, 0.25) is 0 Å². The van der Waals surface area contributed by atoms with Crippen LogP contribution in [0.25, 0.3) is 5.76 Å². The van der Waals surface area contributed by atoms with Gasteiger partial charge in [0.1, 0.15) is 29.7 Å². The van der Waals surface area contributed by atoms with Crippen LogP contribution in [0.5, 0.6) is 11.5 Å². The molecule has 1 atom stereocenters. The lowest BCUT2D eigenvalue weighted by Gasteiger charge is -2.25. The number of benzene rings is 3. The van der Waals surface area contributed by atoms with Crippen LogP contribution in [0.4, 0.5) is 4.39 Å². The van der Waals surface area contributed by atoms with Gasteiger partial charge in [0.25, 0.3) is 11.7 Å². The van der Waals surface area contributed by atoms with Crippen molar-refractivity contribution < 1.29 is 33.3 Å². The van der Waals surface area contributed by atoms with Crippen LogP contribution in [-0.2, 0) is 20.9 Å². The van der Waals surface area contributed by atoms with Crippen LogP contribution in [0, 0.1) is 5.82 Å². The van der Waals surface area contributed by atoms with Gasteiger partial charge in [-0.15, -0.1) is 0 Å². The third kappa shape index (κ3) is 5.96. The van der Waals surface area contributed by atoms with Gasteiger partial charge in [0, 0.05) is 19.2 Å². The number of amides is 1. The van der Waals surface area contributed by atoms with Crippen molar-refractivity contribution in [2.45, 2.75) is 32.4 Å². The molecule has 1 unspecified atom stereocenters. The Morgan fingerprint density at radius 1 is 1.03 bits per heavy atom. The molecule has 1 amide bonds. The van der Waals surface area contributed by atoms with Crippen molar-refractivity contribution >= 4 is 17.4 Å². The molecule has 3 aromatic rings. The number of Topliss-reactive ketones (excluding diaryl/α,β-unsaturated/α-hetero) is 1. The fourth-order valence-electron chi connectivity index (χ4n) is 4.66. The van der Waals surface area contributed by atoms with Crippen LogP contribution in [0.1, 0.15) is 48.1 Å². The Morgan fingerprint density at radius 2 is 1.77 bits per heavy atom. The highest BCUT2D eigenvalue weighted by atomic mass is 19.1. The predicted molar refractivity (Wildman–Crippen MR) is 145 cm³/mol. The number of nitrogens with zero attached hydrogens (tertiary/aromatic N) is 1. The summed E-state index contributed by atoms with van der Waals surface area (Å²) in [6.07, 6.45) is 0. The van der Waals surface area contributed by atoms with E-state index in [2.05, 4.69) is 0 Å². The average Bonchev–Trinajstić information content (AvgIpc) is 3.20. The molecule has 0 saturated carbocycles. The van der Waals surface area contributed by atoms with E-state index in [1.165, 1.54) is 24.1 Å². The van der Waals surface area contributed by atoms with Crippen LogP contribution in [0.2, 0.25) is 0 Å². The average molecular weight is 534 g/mol. The van der Waals surface area contributed by atoms with Crippen molar-refractivity contribution in [3.05, 3.63) is 100 Å². The summed E-state index contributed by atoms with van der Waals surface area (Å²) in [7, 11) is 3.09. The van der Waals surface area contributed by atoms with Gasteiger partial charge in [-0.25, -0.2) is 4.39 Å². The van der Waals surface area contributed by atoms with E-state index in [-0.39, 0.29) is 42.8 Å². The van der Waals surface area contributed by atoms with Gasteiger partial charge >= 0.3 is 0 Å². The van der Waals surface area contributed by atoms with Crippen LogP contribution in [0.3, 0.4) is 0 Å². The zero-order valence-corrected chi connectivity index (χ0v) is 22.4. The molecule has 1 fully saturated rings. The summed E-state index contributed by atoms with van der Waals surface area (Å²) >= 11 is 0. The molecule has 1 aliphatic heterocycles. The van der Waals surface area contributed by atoms with Crippen molar-refractivity contribution in [1.82, 2.24) is 4.90 Å². The molecule has 1 saturated heterocycles. The fraction of sp³-hybridized carbons (Fsp3) is 0.290. The summed E-state index contributed by atoms with van der Waals surface area (Å²) in [5, 5.41) is 11.4. The molecular weight excluding hydrogens is 501 g/mol. The number of rotatable bonds is 10. The zero-order valence-electron chi connectivity index (χ0n) is 22.4. The molecule has 0 aliphatic carbocycles. The van der Waals surface area contributed by atoms with Crippen LogP contribution >= 0.6 is 0 Å². The van der Waals surface area contributed by atoms with Gasteiger partial charge in [0.15, 0.2) is 0 Å². The summed E-state index contributed by atoms with van der Waals surface area (Å²) in [6, 6.07) is 17.4. The SMILES string of the molecule is COCCN1C(=O)C(=O)/C(=C(/O)c2ccc(OC)c(C(C)C)c2)C1c1cccc(OCc2ccc(F)cc2)c1. The standard InChI is InChI=1S/C31H32FNO6/c1-19(2)25-17-22(10-13-26(25)38-4)29(34)27-28(33(14-15-37-3)31(36)30(27)35)21-6-5-7-24(16-21)39-18-20-8-11-23(32)12-9-20/h5-13,16-17,19,28,34H,14-15,18H2,1-4H3/b29-27+. The number of hydrogen-bond donors (Lipinski definition) is 1. The first-order valence-corrected chi connectivity index (χ1v) is 12.7. The number of aliphatic hydroxyl groups excluding tert-OH is 1. The lowest BCUT2D eigenvalue weighted by Crippen LogP contribution is -2.32. The number of ketones is 1. The molecule has 1 aliphatic rings. The summed E-state index contributed by atoms with van der Waals surface area (Å²) in [5.41, 5.74) is 2.65. The minimum absolute atomic E-state index is 0.00772. The van der Waals surface area contributed by atoms with E-state index in [1.807, 2.05) is 13.8 Å². The summed E-state index contributed by atoms with van der Waals surface area (Å²) in [6.45, 7) is 4.58. The summed E-state index contributed by atoms with van der Waals surface area (Å²) < 4.78 is 29.8. The number of halogens is 1. The predicted octanol–water partition coefficient (Wildman–Crippen LogP) is 5.60. The Morgan fingerprint density at radius 3 is 2.44 bits per heavy atom.